The molecule has 1 fully saturated rings. The van der Waals surface area contributed by atoms with E-state index in [-0.39, 0.29) is 23.4 Å². The first-order chi connectivity index (χ1) is 14.8. The molecule has 31 heavy (non-hydrogen) atoms. The van der Waals surface area contributed by atoms with E-state index in [0.29, 0.717) is 0 Å². The van der Waals surface area contributed by atoms with E-state index >= 15 is 0 Å². The predicted octanol–water partition coefficient (Wildman–Crippen LogP) is 3.73. The van der Waals surface area contributed by atoms with Gasteiger partial charge in [-0.25, -0.2) is 10.9 Å². The number of rotatable bonds is 5. The van der Waals surface area contributed by atoms with Crippen LogP contribution in [0.1, 0.15) is 44.0 Å². The molecule has 1 aliphatic heterocycles. The number of benzene rings is 2. The molecule has 1 aliphatic rings. The van der Waals surface area contributed by atoms with Gasteiger partial charge in [0.2, 0.25) is 0 Å². The van der Waals surface area contributed by atoms with E-state index in [4.69, 9.17) is 0 Å². The number of aromatic nitrogens is 1. The number of para-hydroxylation sites is 1. The lowest BCUT2D eigenvalue weighted by Crippen LogP contribution is -2.43. The van der Waals surface area contributed by atoms with Gasteiger partial charge in [-0.1, -0.05) is 69.3 Å². The molecule has 0 bridgehead atoms. The molecule has 6 heteroatoms. The molecule has 1 aromatic heterocycles. The van der Waals surface area contributed by atoms with Crippen LogP contribution in [0.4, 0.5) is 0 Å². The molecule has 0 saturated carbocycles. The summed E-state index contributed by atoms with van der Waals surface area (Å²) in [6.45, 7) is 9.39. The first-order valence-electron chi connectivity index (χ1n) is 10.8. The molecule has 2 aromatic carbocycles. The molecule has 2 unspecified atom stereocenters. The number of fused-ring (bicyclic) bond motifs is 1. The number of hydrazine groups is 1. The third-order valence-electron chi connectivity index (χ3n) is 6.10. The Morgan fingerprint density at radius 2 is 1.84 bits per heavy atom. The van der Waals surface area contributed by atoms with Crippen molar-refractivity contribution in [1.82, 2.24) is 20.8 Å². The first-order valence-corrected chi connectivity index (χ1v) is 10.8. The Morgan fingerprint density at radius 3 is 2.55 bits per heavy atom. The Labute approximate surface area is 183 Å². The number of nitrogens with zero attached hydrogens (tertiary/aromatic N) is 2. The Morgan fingerprint density at radius 1 is 1.13 bits per heavy atom. The zero-order valence-corrected chi connectivity index (χ0v) is 18.6. The van der Waals surface area contributed by atoms with Crippen LogP contribution >= 0.6 is 0 Å². The molecule has 6 nitrogen and oxygen atoms in total. The summed E-state index contributed by atoms with van der Waals surface area (Å²) in [5, 5.41) is 5.43. The monoisotopic (exact) mass is 417 g/mol. The van der Waals surface area contributed by atoms with Gasteiger partial charge in [-0.15, -0.1) is 0 Å². The molecule has 3 aromatic rings. The van der Waals surface area contributed by atoms with Crippen molar-refractivity contribution in [3.05, 3.63) is 71.4 Å². The second-order valence-electron chi connectivity index (χ2n) is 9.32. The lowest BCUT2D eigenvalue weighted by molar-refractivity contribution is -0.122. The van der Waals surface area contributed by atoms with Gasteiger partial charge in [-0.3, -0.25) is 10.2 Å². The summed E-state index contributed by atoms with van der Waals surface area (Å²) in [5.74, 6) is -0.124. The van der Waals surface area contributed by atoms with Crippen LogP contribution in [-0.4, -0.2) is 28.8 Å². The SMILES string of the molecule is Cc1c(/C=N/NC(=O)C2CC(C(C)(C)C)NN2)c2ccccc2n1Cc1ccccc1. The number of hydrogen-bond donors (Lipinski definition) is 3. The van der Waals surface area contributed by atoms with E-state index in [1.165, 1.54) is 5.56 Å². The van der Waals surface area contributed by atoms with Crippen LogP contribution < -0.4 is 16.3 Å². The smallest absolute Gasteiger partial charge is 0.258 e. The van der Waals surface area contributed by atoms with Crippen LogP contribution in [0.5, 0.6) is 0 Å². The minimum absolute atomic E-state index is 0.0863. The van der Waals surface area contributed by atoms with Gasteiger partial charge < -0.3 is 4.57 Å². The van der Waals surface area contributed by atoms with Crippen molar-refractivity contribution < 1.29 is 4.79 Å². The van der Waals surface area contributed by atoms with E-state index in [9.17, 15) is 4.79 Å². The van der Waals surface area contributed by atoms with Crippen molar-refractivity contribution in [3.63, 3.8) is 0 Å². The second kappa shape index (κ2) is 8.65. The summed E-state index contributed by atoms with van der Waals surface area (Å²) in [4.78, 5) is 12.6. The van der Waals surface area contributed by atoms with E-state index < -0.39 is 0 Å². The zero-order valence-electron chi connectivity index (χ0n) is 18.6. The fourth-order valence-corrected chi connectivity index (χ4v) is 4.13. The second-order valence-corrected chi connectivity index (χ2v) is 9.32. The summed E-state index contributed by atoms with van der Waals surface area (Å²) >= 11 is 0. The van der Waals surface area contributed by atoms with E-state index in [1.807, 2.05) is 12.1 Å². The van der Waals surface area contributed by atoms with Gasteiger partial charge in [0.1, 0.15) is 6.04 Å². The Kier molecular flexibility index (Phi) is 5.94. The topological polar surface area (TPSA) is 70.4 Å². The molecule has 162 valence electrons. The summed E-state index contributed by atoms with van der Waals surface area (Å²) < 4.78 is 2.30. The highest BCUT2D eigenvalue weighted by molar-refractivity contribution is 6.01. The molecule has 2 atom stereocenters. The minimum Gasteiger partial charge on any atom is -0.340 e. The van der Waals surface area contributed by atoms with Gasteiger partial charge in [0.15, 0.2) is 0 Å². The van der Waals surface area contributed by atoms with E-state index in [0.717, 1.165) is 35.1 Å². The van der Waals surface area contributed by atoms with Crippen molar-refractivity contribution in [2.24, 2.45) is 10.5 Å². The van der Waals surface area contributed by atoms with Gasteiger partial charge >= 0.3 is 0 Å². The van der Waals surface area contributed by atoms with Crippen LogP contribution in [0.3, 0.4) is 0 Å². The third kappa shape index (κ3) is 4.55. The average Bonchev–Trinajstić information content (AvgIpc) is 3.35. The largest absolute Gasteiger partial charge is 0.340 e. The number of hydrazone groups is 1. The van der Waals surface area contributed by atoms with Crippen LogP contribution in [0.15, 0.2) is 59.7 Å². The van der Waals surface area contributed by atoms with Crippen LogP contribution in [0.25, 0.3) is 10.9 Å². The lowest BCUT2D eigenvalue weighted by atomic mass is 9.84. The van der Waals surface area contributed by atoms with Gasteiger partial charge in [-0.05, 0) is 30.4 Å². The summed E-state index contributed by atoms with van der Waals surface area (Å²) in [5.41, 5.74) is 13.7. The Balaban J connectivity index is 1.52. The number of carbonyl (C=O) groups excluding carboxylic acids is 1. The third-order valence-corrected chi connectivity index (χ3v) is 6.10. The highest BCUT2D eigenvalue weighted by Gasteiger charge is 2.35. The molecular formula is C25H31N5O. The Hall–Kier alpha value is -2.96. The fraction of sp³-hybridized carbons (Fsp3) is 0.360. The molecule has 0 radical (unpaired) electrons. The Bertz CT molecular complexity index is 1090. The molecule has 4 rings (SSSR count). The first kappa shape index (κ1) is 21.3. The van der Waals surface area contributed by atoms with Gasteiger partial charge in [0.05, 0.1) is 6.21 Å². The van der Waals surface area contributed by atoms with Crippen LogP contribution in [0, 0.1) is 12.3 Å². The van der Waals surface area contributed by atoms with Gasteiger partial charge in [0, 0.05) is 34.7 Å². The maximum absolute atomic E-state index is 12.6. The van der Waals surface area contributed by atoms with E-state index in [2.05, 4.69) is 96.1 Å². The normalized spacial score (nSPS) is 19.4. The van der Waals surface area contributed by atoms with Gasteiger partial charge in [0.25, 0.3) is 5.91 Å². The minimum atomic E-state index is -0.290. The molecule has 0 aliphatic carbocycles. The summed E-state index contributed by atoms with van der Waals surface area (Å²) in [7, 11) is 0. The fourth-order valence-electron chi connectivity index (χ4n) is 4.13. The maximum atomic E-state index is 12.6. The summed E-state index contributed by atoms with van der Waals surface area (Å²) in [6, 6.07) is 18.7. The molecule has 0 spiro atoms. The van der Waals surface area contributed by atoms with Crippen molar-refractivity contribution in [1.29, 1.82) is 0 Å². The van der Waals surface area contributed by atoms with Crippen molar-refractivity contribution in [2.45, 2.75) is 52.7 Å². The maximum Gasteiger partial charge on any atom is 0.258 e. The van der Waals surface area contributed by atoms with Gasteiger partial charge in [-0.2, -0.15) is 5.10 Å². The predicted molar refractivity (Wildman–Crippen MR) is 126 cm³/mol. The molecule has 3 N–H and O–H groups in total. The van der Waals surface area contributed by atoms with Crippen LogP contribution in [0.2, 0.25) is 0 Å². The average molecular weight is 418 g/mol. The lowest BCUT2D eigenvalue weighted by Gasteiger charge is -2.25. The number of nitrogens with one attached hydrogen (secondary N) is 3. The quantitative estimate of drug-likeness (QED) is 0.438. The van der Waals surface area contributed by atoms with E-state index in [1.54, 1.807) is 6.21 Å². The molecular weight excluding hydrogens is 386 g/mol. The number of carbonyl (C=O) groups is 1. The molecule has 1 amide bonds. The number of hydrogen-bond acceptors (Lipinski definition) is 4. The van der Waals surface area contributed by atoms with Crippen molar-refractivity contribution in [2.75, 3.05) is 0 Å². The standard InChI is InChI=1S/C25H31N5O/c1-17-20(15-26-29-24(31)21-14-23(28-27-21)25(2,3)4)19-12-8-9-13-22(19)30(17)16-18-10-6-5-7-11-18/h5-13,15,21,23,27-28H,14,16H2,1-4H3,(H,29,31)/b26-15+. The highest BCUT2D eigenvalue weighted by Crippen LogP contribution is 2.26. The van der Waals surface area contributed by atoms with Crippen molar-refractivity contribution >= 4 is 23.0 Å². The zero-order chi connectivity index (χ0) is 22.0. The van der Waals surface area contributed by atoms with Crippen LogP contribution in [-0.2, 0) is 11.3 Å². The molecule has 2 heterocycles. The van der Waals surface area contributed by atoms with Crippen molar-refractivity contribution in [3.8, 4) is 0 Å². The highest BCUT2D eigenvalue weighted by atomic mass is 16.2. The summed E-state index contributed by atoms with van der Waals surface area (Å²) in [6.07, 6.45) is 2.50. The molecule has 1 saturated heterocycles. The number of amides is 1.